The Kier molecular flexibility index (Phi) is 5.76. The minimum absolute atomic E-state index is 0.124. The van der Waals surface area contributed by atoms with Crippen molar-refractivity contribution < 1.29 is 9.13 Å². The van der Waals surface area contributed by atoms with Crippen LogP contribution in [0.1, 0.15) is 24.1 Å². The zero-order chi connectivity index (χ0) is 15.2. The van der Waals surface area contributed by atoms with Gasteiger partial charge in [0, 0.05) is 10.5 Å². The molecule has 0 aliphatic rings. The van der Waals surface area contributed by atoms with Crippen LogP contribution in [0.2, 0.25) is 0 Å². The lowest BCUT2D eigenvalue weighted by molar-refractivity contribution is 0.384. The molecule has 0 aromatic heterocycles. The van der Waals surface area contributed by atoms with Gasteiger partial charge in [0.1, 0.15) is 0 Å². The molecule has 4 heteroatoms. The van der Waals surface area contributed by atoms with Gasteiger partial charge in [0.2, 0.25) is 0 Å². The molecule has 112 valence electrons. The smallest absolute Gasteiger partial charge is 0.165 e. The van der Waals surface area contributed by atoms with Crippen molar-refractivity contribution in [2.24, 2.45) is 0 Å². The van der Waals surface area contributed by atoms with E-state index >= 15 is 0 Å². The van der Waals surface area contributed by atoms with Gasteiger partial charge in [-0.05, 0) is 48.4 Å². The largest absolute Gasteiger partial charge is 0.494 e. The lowest BCUT2D eigenvalue weighted by Crippen LogP contribution is -2.23. The first kappa shape index (κ1) is 16.0. The predicted octanol–water partition coefficient (Wildman–Crippen LogP) is 4.49. The molecule has 0 radical (unpaired) electrons. The molecule has 0 saturated carbocycles. The van der Waals surface area contributed by atoms with Crippen molar-refractivity contribution in [3.05, 3.63) is 63.9 Å². The highest BCUT2D eigenvalue weighted by Crippen LogP contribution is 2.25. The number of hydrogen-bond acceptors (Lipinski definition) is 2. The maximum absolute atomic E-state index is 13.5. The number of ether oxygens (including phenoxy) is 1. The molecule has 0 heterocycles. The number of benzene rings is 2. The maximum Gasteiger partial charge on any atom is 0.165 e. The van der Waals surface area contributed by atoms with Crippen LogP contribution in [0.5, 0.6) is 5.75 Å². The van der Waals surface area contributed by atoms with E-state index in [1.54, 1.807) is 6.07 Å². The van der Waals surface area contributed by atoms with Crippen molar-refractivity contribution in [2.45, 2.75) is 19.4 Å². The van der Waals surface area contributed by atoms with Crippen molar-refractivity contribution in [1.82, 2.24) is 5.32 Å². The van der Waals surface area contributed by atoms with Gasteiger partial charge in [0.15, 0.2) is 11.6 Å². The Morgan fingerprint density at radius 3 is 2.71 bits per heavy atom. The van der Waals surface area contributed by atoms with E-state index in [-0.39, 0.29) is 17.6 Å². The Labute approximate surface area is 133 Å². The molecule has 0 saturated heterocycles. The SMILES string of the molecule is CCNC(Cc1cccc(Br)c1)c1ccc(F)c(OC)c1. The second kappa shape index (κ2) is 7.57. The summed E-state index contributed by atoms with van der Waals surface area (Å²) in [7, 11) is 1.48. The summed E-state index contributed by atoms with van der Waals surface area (Å²) in [6.45, 7) is 2.91. The predicted molar refractivity (Wildman–Crippen MR) is 87.2 cm³/mol. The van der Waals surface area contributed by atoms with Crippen LogP contribution in [0.4, 0.5) is 4.39 Å². The molecular weight excluding hydrogens is 333 g/mol. The van der Waals surface area contributed by atoms with Gasteiger partial charge in [-0.2, -0.15) is 0 Å². The Hall–Kier alpha value is -1.39. The van der Waals surface area contributed by atoms with E-state index in [1.165, 1.54) is 18.7 Å². The van der Waals surface area contributed by atoms with Crippen molar-refractivity contribution in [3.63, 3.8) is 0 Å². The molecule has 2 rings (SSSR count). The number of nitrogens with one attached hydrogen (secondary N) is 1. The minimum Gasteiger partial charge on any atom is -0.494 e. The van der Waals surface area contributed by atoms with Gasteiger partial charge in [0.25, 0.3) is 0 Å². The molecule has 21 heavy (non-hydrogen) atoms. The van der Waals surface area contributed by atoms with Crippen LogP contribution < -0.4 is 10.1 Å². The van der Waals surface area contributed by atoms with Gasteiger partial charge in [-0.1, -0.05) is 41.1 Å². The van der Waals surface area contributed by atoms with E-state index in [9.17, 15) is 4.39 Å². The Morgan fingerprint density at radius 2 is 2.05 bits per heavy atom. The third-order valence-corrected chi connectivity index (χ3v) is 3.85. The Balaban J connectivity index is 2.26. The maximum atomic E-state index is 13.5. The van der Waals surface area contributed by atoms with Crippen LogP contribution in [0, 0.1) is 5.82 Å². The van der Waals surface area contributed by atoms with Gasteiger partial charge in [-0.3, -0.25) is 0 Å². The number of likely N-dealkylation sites (N-methyl/N-ethyl adjacent to an activating group) is 1. The van der Waals surface area contributed by atoms with E-state index in [0.717, 1.165) is 23.0 Å². The van der Waals surface area contributed by atoms with Gasteiger partial charge in [0.05, 0.1) is 7.11 Å². The Morgan fingerprint density at radius 1 is 1.24 bits per heavy atom. The van der Waals surface area contributed by atoms with Crippen LogP contribution in [0.3, 0.4) is 0 Å². The van der Waals surface area contributed by atoms with Crippen LogP contribution in [0.25, 0.3) is 0 Å². The molecule has 1 atom stereocenters. The van der Waals surface area contributed by atoms with Gasteiger partial charge in [-0.15, -0.1) is 0 Å². The number of rotatable bonds is 6. The average Bonchev–Trinajstić information content (AvgIpc) is 2.47. The fourth-order valence-electron chi connectivity index (χ4n) is 2.35. The number of halogens is 2. The van der Waals surface area contributed by atoms with Crippen LogP contribution >= 0.6 is 15.9 Å². The monoisotopic (exact) mass is 351 g/mol. The van der Waals surface area contributed by atoms with E-state index in [0.29, 0.717) is 0 Å². The van der Waals surface area contributed by atoms with E-state index in [4.69, 9.17) is 4.74 Å². The molecule has 1 N–H and O–H groups in total. The summed E-state index contributed by atoms with van der Waals surface area (Å²) in [5.41, 5.74) is 2.24. The quantitative estimate of drug-likeness (QED) is 0.827. The normalized spacial score (nSPS) is 12.2. The highest BCUT2D eigenvalue weighted by molar-refractivity contribution is 9.10. The lowest BCUT2D eigenvalue weighted by atomic mass is 9.98. The minimum atomic E-state index is -0.334. The molecule has 2 aromatic rings. The lowest BCUT2D eigenvalue weighted by Gasteiger charge is -2.19. The molecule has 0 amide bonds. The number of methoxy groups -OCH3 is 1. The van der Waals surface area contributed by atoms with Crippen LogP contribution in [-0.4, -0.2) is 13.7 Å². The first-order valence-electron chi connectivity index (χ1n) is 6.95. The second-order valence-electron chi connectivity index (χ2n) is 4.84. The highest BCUT2D eigenvalue weighted by atomic mass is 79.9. The number of hydrogen-bond donors (Lipinski definition) is 1. The Bertz CT molecular complexity index is 603. The molecule has 0 spiro atoms. The molecule has 0 fully saturated rings. The first-order chi connectivity index (χ1) is 10.1. The zero-order valence-electron chi connectivity index (χ0n) is 12.2. The summed E-state index contributed by atoms with van der Waals surface area (Å²) in [4.78, 5) is 0. The van der Waals surface area contributed by atoms with E-state index in [2.05, 4.69) is 40.3 Å². The van der Waals surface area contributed by atoms with E-state index in [1.807, 2.05) is 18.2 Å². The van der Waals surface area contributed by atoms with Gasteiger partial charge < -0.3 is 10.1 Å². The summed E-state index contributed by atoms with van der Waals surface area (Å²) in [5.74, 6) is -0.0522. The summed E-state index contributed by atoms with van der Waals surface area (Å²) >= 11 is 3.49. The van der Waals surface area contributed by atoms with Crippen molar-refractivity contribution >= 4 is 15.9 Å². The van der Waals surface area contributed by atoms with E-state index < -0.39 is 0 Å². The van der Waals surface area contributed by atoms with Crippen LogP contribution in [-0.2, 0) is 6.42 Å². The third-order valence-electron chi connectivity index (χ3n) is 3.36. The molecule has 2 aromatic carbocycles. The molecule has 1 unspecified atom stereocenters. The van der Waals surface area contributed by atoms with Crippen molar-refractivity contribution in [1.29, 1.82) is 0 Å². The molecule has 2 nitrogen and oxygen atoms in total. The van der Waals surface area contributed by atoms with Gasteiger partial charge >= 0.3 is 0 Å². The van der Waals surface area contributed by atoms with Gasteiger partial charge in [-0.25, -0.2) is 4.39 Å². The zero-order valence-corrected chi connectivity index (χ0v) is 13.8. The first-order valence-corrected chi connectivity index (χ1v) is 7.74. The summed E-state index contributed by atoms with van der Waals surface area (Å²) in [5, 5.41) is 3.44. The summed E-state index contributed by atoms with van der Waals surface area (Å²) in [6.07, 6.45) is 0.835. The topological polar surface area (TPSA) is 21.3 Å². The summed E-state index contributed by atoms with van der Waals surface area (Å²) in [6, 6.07) is 13.4. The molecule has 0 aliphatic heterocycles. The fourth-order valence-corrected chi connectivity index (χ4v) is 2.79. The summed E-state index contributed by atoms with van der Waals surface area (Å²) < 4.78 is 19.7. The second-order valence-corrected chi connectivity index (χ2v) is 5.75. The van der Waals surface area contributed by atoms with Crippen molar-refractivity contribution in [3.8, 4) is 5.75 Å². The average molecular weight is 352 g/mol. The fraction of sp³-hybridized carbons (Fsp3) is 0.294. The van der Waals surface area contributed by atoms with Crippen LogP contribution in [0.15, 0.2) is 46.9 Å². The van der Waals surface area contributed by atoms with Crippen molar-refractivity contribution in [2.75, 3.05) is 13.7 Å². The molecule has 0 bridgehead atoms. The standard InChI is InChI=1S/C17H19BrFNO/c1-3-20-16(10-12-5-4-6-14(18)9-12)13-7-8-15(19)17(11-13)21-2/h4-9,11,16,20H,3,10H2,1-2H3. The third kappa shape index (κ3) is 4.29. The molecular formula is C17H19BrFNO. The molecule has 0 aliphatic carbocycles. The highest BCUT2D eigenvalue weighted by Gasteiger charge is 2.14.